The summed E-state index contributed by atoms with van der Waals surface area (Å²) < 4.78 is 27.1. The molecule has 0 spiro atoms. The molecule has 1 rings (SSSR count). The van der Waals surface area contributed by atoms with Crippen molar-refractivity contribution in [1.82, 2.24) is 5.32 Å². The van der Waals surface area contributed by atoms with Crippen molar-refractivity contribution in [1.29, 1.82) is 0 Å². The van der Waals surface area contributed by atoms with Gasteiger partial charge < -0.3 is 29.0 Å². The van der Waals surface area contributed by atoms with Crippen molar-refractivity contribution in [2.45, 2.75) is 26.2 Å². The van der Waals surface area contributed by atoms with E-state index in [0.717, 1.165) is 5.56 Å². The summed E-state index contributed by atoms with van der Waals surface area (Å²) in [5.41, 5.74) is 1.05. The lowest BCUT2D eigenvalue weighted by Crippen LogP contribution is -2.35. The molecule has 0 fully saturated rings. The number of methoxy groups -OCH3 is 3. The third kappa shape index (κ3) is 6.35. The van der Waals surface area contributed by atoms with E-state index in [0.29, 0.717) is 37.9 Å². The number of hydrogen-bond donors (Lipinski definition) is 1. The minimum Gasteiger partial charge on any atom is -0.493 e. The largest absolute Gasteiger partial charge is 0.493 e. The van der Waals surface area contributed by atoms with Gasteiger partial charge in [-0.1, -0.05) is 6.07 Å². The maximum absolute atomic E-state index is 5.56. The fourth-order valence-corrected chi connectivity index (χ4v) is 2.29. The van der Waals surface area contributed by atoms with Crippen molar-refractivity contribution in [3.8, 4) is 11.5 Å². The minimum atomic E-state index is -0.274. The highest BCUT2D eigenvalue weighted by molar-refractivity contribution is 5.43. The van der Waals surface area contributed by atoms with Crippen LogP contribution in [0.3, 0.4) is 0 Å². The summed E-state index contributed by atoms with van der Waals surface area (Å²) in [6.07, 6.45) is -0.274. The zero-order chi connectivity index (χ0) is 17.1. The van der Waals surface area contributed by atoms with Gasteiger partial charge >= 0.3 is 0 Å². The maximum Gasteiger partial charge on any atom is 0.169 e. The van der Waals surface area contributed by atoms with Crippen molar-refractivity contribution in [2.24, 2.45) is 0 Å². The molecule has 1 aromatic carbocycles. The van der Waals surface area contributed by atoms with E-state index in [2.05, 4.69) is 5.32 Å². The third-order valence-electron chi connectivity index (χ3n) is 3.38. The predicted molar refractivity (Wildman–Crippen MR) is 89.2 cm³/mol. The predicted octanol–water partition coefficient (Wildman–Crippen LogP) is 2.38. The van der Waals surface area contributed by atoms with Gasteiger partial charge in [-0.15, -0.1) is 0 Å². The van der Waals surface area contributed by atoms with E-state index in [1.807, 2.05) is 32.0 Å². The van der Waals surface area contributed by atoms with E-state index in [1.165, 1.54) is 0 Å². The maximum atomic E-state index is 5.56. The molecule has 6 heteroatoms. The van der Waals surface area contributed by atoms with Crippen LogP contribution in [-0.4, -0.2) is 54.0 Å². The van der Waals surface area contributed by atoms with E-state index in [-0.39, 0.29) is 12.3 Å². The first kappa shape index (κ1) is 19.7. The molecule has 0 radical (unpaired) electrons. The average Bonchev–Trinajstić information content (AvgIpc) is 2.58. The summed E-state index contributed by atoms with van der Waals surface area (Å²) in [6.45, 7) is 6.22. The number of ether oxygens (including phenoxy) is 5. The highest BCUT2D eigenvalue weighted by Gasteiger charge is 2.17. The Morgan fingerprint density at radius 1 is 0.957 bits per heavy atom. The number of nitrogens with one attached hydrogen (secondary N) is 1. The third-order valence-corrected chi connectivity index (χ3v) is 3.38. The topological polar surface area (TPSA) is 58.2 Å². The van der Waals surface area contributed by atoms with Crippen molar-refractivity contribution < 1.29 is 23.7 Å². The summed E-state index contributed by atoms with van der Waals surface area (Å²) in [5.74, 6) is 1.40. The van der Waals surface area contributed by atoms with Gasteiger partial charge in [-0.2, -0.15) is 0 Å². The van der Waals surface area contributed by atoms with Crippen LogP contribution in [0.25, 0.3) is 0 Å². The Labute approximate surface area is 139 Å². The molecule has 1 N–H and O–H groups in total. The van der Waals surface area contributed by atoms with Gasteiger partial charge in [0.05, 0.1) is 26.9 Å². The van der Waals surface area contributed by atoms with Gasteiger partial charge in [0.15, 0.2) is 17.8 Å². The molecule has 1 unspecified atom stereocenters. The van der Waals surface area contributed by atoms with Gasteiger partial charge in [0, 0.05) is 26.9 Å². The Bertz CT molecular complexity index is 435. The second-order valence-electron chi connectivity index (χ2n) is 4.87. The number of benzene rings is 1. The summed E-state index contributed by atoms with van der Waals surface area (Å²) in [6, 6.07) is 5.84. The van der Waals surface area contributed by atoms with Gasteiger partial charge in [0.2, 0.25) is 0 Å². The summed E-state index contributed by atoms with van der Waals surface area (Å²) >= 11 is 0. The first-order valence-electron chi connectivity index (χ1n) is 7.87. The first-order chi connectivity index (χ1) is 11.2. The Morgan fingerprint density at radius 2 is 1.61 bits per heavy atom. The molecule has 0 heterocycles. The fraction of sp³-hybridized carbons (Fsp3) is 0.647. The minimum absolute atomic E-state index is 0.00298. The Balaban J connectivity index is 2.80. The second-order valence-corrected chi connectivity index (χ2v) is 4.87. The van der Waals surface area contributed by atoms with Crippen molar-refractivity contribution >= 4 is 0 Å². The van der Waals surface area contributed by atoms with Gasteiger partial charge in [-0.3, -0.25) is 0 Å². The Hall–Kier alpha value is -1.34. The van der Waals surface area contributed by atoms with E-state index < -0.39 is 0 Å². The van der Waals surface area contributed by atoms with Crippen LogP contribution in [0.15, 0.2) is 18.2 Å². The second kappa shape index (κ2) is 11.2. The highest BCUT2D eigenvalue weighted by atomic mass is 16.7. The summed E-state index contributed by atoms with van der Waals surface area (Å²) in [4.78, 5) is 0. The summed E-state index contributed by atoms with van der Waals surface area (Å²) in [7, 11) is 4.93. The standard InChI is InChI=1S/C17H29NO5/c1-6-22-17(23-7-2)11-18-14(12-19-3)13-8-9-15(20-4)16(10-13)21-5/h8-10,14,17-18H,6-7,11-12H2,1-5H3. The zero-order valence-corrected chi connectivity index (χ0v) is 14.8. The van der Waals surface area contributed by atoms with Crippen LogP contribution >= 0.6 is 0 Å². The SMILES string of the molecule is CCOC(CNC(COC)c1ccc(OC)c(OC)c1)OCC. The zero-order valence-electron chi connectivity index (χ0n) is 14.8. The summed E-state index contributed by atoms with van der Waals surface area (Å²) in [5, 5.41) is 3.42. The van der Waals surface area contributed by atoms with Crippen molar-refractivity contribution in [3.05, 3.63) is 23.8 Å². The molecule has 0 aliphatic heterocycles. The highest BCUT2D eigenvalue weighted by Crippen LogP contribution is 2.30. The van der Waals surface area contributed by atoms with Crippen LogP contribution < -0.4 is 14.8 Å². The Morgan fingerprint density at radius 3 is 2.13 bits per heavy atom. The lowest BCUT2D eigenvalue weighted by Gasteiger charge is -2.23. The van der Waals surface area contributed by atoms with Gasteiger partial charge in [0.1, 0.15) is 0 Å². The number of hydrogen-bond acceptors (Lipinski definition) is 6. The fourth-order valence-electron chi connectivity index (χ4n) is 2.29. The van der Waals surface area contributed by atoms with Crippen LogP contribution in [0.2, 0.25) is 0 Å². The average molecular weight is 327 g/mol. The van der Waals surface area contributed by atoms with Gasteiger partial charge in [0.25, 0.3) is 0 Å². The molecule has 132 valence electrons. The Kier molecular flexibility index (Phi) is 9.63. The molecule has 1 atom stereocenters. The molecule has 0 saturated heterocycles. The molecule has 0 bridgehead atoms. The normalized spacial score (nSPS) is 12.4. The van der Waals surface area contributed by atoms with E-state index in [9.17, 15) is 0 Å². The van der Waals surface area contributed by atoms with Crippen LogP contribution in [-0.2, 0) is 14.2 Å². The van der Waals surface area contributed by atoms with Crippen LogP contribution in [0, 0.1) is 0 Å². The molecular formula is C17H29NO5. The molecule has 0 amide bonds. The monoisotopic (exact) mass is 327 g/mol. The quantitative estimate of drug-likeness (QED) is 0.595. The molecule has 0 saturated carbocycles. The molecule has 6 nitrogen and oxygen atoms in total. The van der Waals surface area contributed by atoms with Crippen molar-refractivity contribution in [3.63, 3.8) is 0 Å². The van der Waals surface area contributed by atoms with E-state index in [4.69, 9.17) is 23.7 Å². The van der Waals surface area contributed by atoms with Crippen LogP contribution in [0.5, 0.6) is 11.5 Å². The van der Waals surface area contributed by atoms with Crippen LogP contribution in [0.1, 0.15) is 25.5 Å². The molecule has 0 aromatic heterocycles. The van der Waals surface area contributed by atoms with Gasteiger partial charge in [-0.05, 0) is 31.5 Å². The van der Waals surface area contributed by atoms with E-state index >= 15 is 0 Å². The molecule has 0 aliphatic rings. The lowest BCUT2D eigenvalue weighted by molar-refractivity contribution is -0.134. The smallest absolute Gasteiger partial charge is 0.169 e. The van der Waals surface area contributed by atoms with E-state index in [1.54, 1.807) is 21.3 Å². The first-order valence-corrected chi connectivity index (χ1v) is 7.87. The van der Waals surface area contributed by atoms with Crippen molar-refractivity contribution in [2.75, 3.05) is 47.7 Å². The molecular weight excluding hydrogens is 298 g/mol. The van der Waals surface area contributed by atoms with Crippen LogP contribution in [0.4, 0.5) is 0 Å². The molecule has 1 aromatic rings. The van der Waals surface area contributed by atoms with Gasteiger partial charge in [-0.25, -0.2) is 0 Å². The molecule has 23 heavy (non-hydrogen) atoms. The number of rotatable bonds is 12. The molecule has 0 aliphatic carbocycles. The lowest BCUT2D eigenvalue weighted by atomic mass is 10.1.